The highest BCUT2D eigenvalue weighted by atomic mass is 35.5. The molecule has 0 spiro atoms. The zero-order chi connectivity index (χ0) is 20.3. The van der Waals surface area contributed by atoms with E-state index in [4.69, 9.17) is 27.7 Å². The summed E-state index contributed by atoms with van der Waals surface area (Å²) in [6.45, 7) is 4.14. The Hall–Kier alpha value is -1.93. The van der Waals surface area contributed by atoms with Crippen LogP contribution in [0.5, 0.6) is 0 Å². The van der Waals surface area contributed by atoms with Gasteiger partial charge < -0.3 is 4.52 Å². The van der Waals surface area contributed by atoms with Crippen LogP contribution in [-0.4, -0.2) is 18.6 Å². The molecule has 0 aliphatic carbocycles. The summed E-state index contributed by atoms with van der Waals surface area (Å²) in [6, 6.07) is 12.5. The van der Waals surface area contributed by atoms with Crippen LogP contribution >= 0.6 is 23.2 Å². The minimum absolute atomic E-state index is 0.0965. The van der Waals surface area contributed by atoms with E-state index in [2.05, 4.69) is 28.7 Å². The number of hydrogen-bond acceptors (Lipinski definition) is 5. The topological polar surface area (TPSA) is 85.1 Å². The SMILES string of the molecule is CC(C)c1ccc(-c2noc(CNS(=O)(=O)Cc3ccc(Cl)c(Cl)c3)n2)cc1. The lowest BCUT2D eigenvalue weighted by Gasteiger charge is -2.06. The maximum atomic E-state index is 12.3. The summed E-state index contributed by atoms with van der Waals surface area (Å²) in [6.07, 6.45) is 0. The van der Waals surface area contributed by atoms with Crippen LogP contribution in [0.15, 0.2) is 47.0 Å². The van der Waals surface area contributed by atoms with E-state index >= 15 is 0 Å². The van der Waals surface area contributed by atoms with Crippen LogP contribution in [0.4, 0.5) is 0 Å². The smallest absolute Gasteiger partial charge is 0.242 e. The molecule has 0 saturated heterocycles. The van der Waals surface area contributed by atoms with Crippen LogP contribution in [0.25, 0.3) is 11.4 Å². The van der Waals surface area contributed by atoms with E-state index in [1.54, 1.807) is 12.1 Å². The molecule has 0 amide bonds. The summed E-state index contributed by atoms with van der Waals surface area (Å²) in [4.78, 5) is 4.25. The van der Waals surface area contributed by atoms with Crippen LogP contribution in [0.1, 0.15) is 36.8 Å². The van der Waals surface area contributed by atoms with E-state index in [1.165, 1.54) is 11.6 Å². The Morgan fingerprint density at radius 1 is 1.07 bits per heavy atom. The fourth-order valence-corrected chi connectivity index (χ4v) is 3.92. The second kappa shape index (κ2) is 8.61. The highest BCUT2D eigenvalue weighted by Crippen LogP contribution is 2.23. The summed E-state index contributed by atoms with van der Waals surface area (Å²) in [5.74, 6) is 0.788. The van der Waals surface area contributed by atoms with Crippen LogP contribution in [0.3, 0.4) is 0 Å². The first-order valence-electron chi connectivity index (χ1n) is 8.58. The molecular weight excluding hydrogens is 421 g/mol. The first kappa shape index (κ1) is 20.8. The van der Waals surface area contributed by atoms with Gasteiger partial charge in [-0.1, -0.05) is 72.5 Å². The van der Waals surface area contributed by atoms with Gasteiger partial charge in [0, 0.05) is 5.56 Å². The molecule has 3 aromatic rings. The summed E-state index contributed by atoms with van der Waals surface area (Å²) >= 11 is 11.8. The number of halogens is 2. The van der Waals surface area contributed by atoms with Gasteiger partial charge in [-0.2, -0.15) is 4.98 Å². The minimum Gasteiger partial charge on any atom is -0.338 e. The maximum absolute atomic E-state index is 12.3. The van der Waals surface area contributed by atoms with Gasteiger partial charge in [0.25, 0.3) is 0 Å². The van der Waals surface area contributed by atoms with Crippen molar-refractivity contribution in [2.24, 2.45) is 0 Å². The van der Waals surface area contributed by atoms with E-state index in [9.17, 15) is 8.42 Å². The molecule has 0 aliphatic heterocycles. The molecule has 1 N–H and O–H groups in total. The third kappa shape index (κ3) is 5.32. The molecule has 1 heterocycles. The number of aromatic nitrogens is 2. The molecule has 2 aromatic carbocycles. The lowest BCUT2D eigenvalue weighted by molar-refractivity contribution is 0.376. The van der Waals surface area contributed by atoms with Crippen LogP contribution in [0.2, 0.25) is 10.0 Å². The first-order chi connectivity index (χ1) is 13.2. The zero-order valence-electron chi connectivity index (χ0n) is 15.3. The summed E-state index contributed by atoms with van der Waals surface area (Å²) in [5, 5.41) is 4.59. The monoisotopic (exact) mass is 439 g/mol. The molecule has 28 heavy (non-hydrogen) atoms. The average molecular weight is 440 g/mol. The van der Waals surface area contributed by atoms with E-state index in [1.807, 2.05) is 24.3 Å². The second-order valence-electron chi connectivity index (χ2n) is 6.62. The van der Waals surface area contributed by atoms with Crippen molar-refractivity contribution in [1.29, 1.82) is 0 Å². The molecule has 0 bridgehead atoms. The van der Waals surface area contributed by atoms with Crippen molar-refractivity contribution in [2.45, 2.75) is 32.1 Å². The van der Waals surface area contributed by atoms with Crippen molar-refractivity contribution < 1.29 is 12.9 Å². The molecule has 0 unspecified atom stereocenters. The summed E-state index contributed by atoms with van der Waals surface area (Å²) in [7, 11) is -3.61. The van der Waals surface area contributed by atoms with Gasteiger partial charge in [-0.15, -0.1) is 0 Å². The van der Waals surface area contributed by atoms with Gasteiger partial charge in [0.15, 0.2) is 0 Å². The molecule has 3 rings (SSSR count). The maximum Gasteiger partial charge on any atom is 0.242 e. The summed E-state index contributed by atoms with van der Waals surface area (Å²) < 4.78 is 32.1. The highest BCUT2D eigenvalue weighted by Gasteiger charge is 2.15. The Labute approximate surface area is 173 Å². The average Bonchev–Trinajstić information content (AvgIpc) is 3.12. The van der Waals surface area contributed by atoms with E-state index < -0.39 is 10.0 Å². The predicted molar refractivity (Wildman–Crippen MR) is 110 cm³/mol. The molecular formula is C19H19Cl2N3O3S. The van der Waals surface area contributed by atoms with Gasteiger partial charge in [-0.25, -0.2) is 13.1 Å². The standard InChI is InChI=1S/C19H19Cl2N3O3S/c1-12(2)14-4-6-15(7-5-14)19-23-18(27-24-19)10-22-28(25,26)11-13-3-8-16(20)17(21)9-13/h3-9,12,22H,10-11H2,1-2H3. The van der Waals surface area contributed by atoms with Crippen LogP contribution in [-0.2, 0) is 22.3 Å². The van der Waals surface area contributed by atoms with Gasteiger partial charge in [-0.3, -0.25) is 0 Å². The minimum atomic E-state index is -3.61. The zero-order valence-corrected chi connectivity index (χ0v) is 17.6. The van der Waals surface area contributed by atoms with Gasteiger partial charge in [-0.05, 0) is 29.2 Å². The molecule has 9 heteroatoms. The second-order valence-corrected chi connectivity index (χ2v) is 9.24. The van der Waals surface area contributed by atoms with Gasteiger partial charge in [0.2, 0.25) is 21.7 Å². The normalized spacial score (nSPS) is 11.9. The molecule has 6 nitrogen and oxygen atoms in total. The van der Waals surface area contributed by atoms with Crippen LogP contribution < -0.4 is 4.72 Å². The Morgan fingerprint density at radius 2 is 1.79 bits per heavy atom. The van der Waals surface area contributed by atoms with Crippen LogP contribution in [0, 0.1) is 0 Å². The largest absolute Gasteiger partial charge is 0.338 e. The van der Waals surface area contributed by atoms with Crippen molar-refractivity contribution in [3.8, 4) is 11.4 Å². The third-order valence-electron chi connectivity index (χ3n) is 4.09. The Morgan fingerprint density at radius 3 is 2.43 bits per heavy atom. The number of sulfonamides is 1. The Kier molecular flexibility index (Phi) is 6.40. The molecule has 1 aromatic heterocycles. The van der Waals surface area contributed by atoms with Crippen molar-refractivity contribution in [3.05, 3.63) is 69.5 Å². The van der Waals surface area contributed by atoms with Gasteiger partial charge in [0.05, 0.1) is 22.3 Å². The van der Waals surface area contributed by atoms with E-state index in [-0.39, 0.29) is 18.2 Å². The lowest BCUT2D eigenvalue weighted by Crippen LogP contribution is -2.24. The fourth-order valence-electron chi connectivity index (χ4n) is 2.53. The molecule has 0 fully saturated rings. The van der Waals surface area contributed by atoms with Crippen molar-refractivity contribution in [3.63, 3.8) is 0 Å². The Bertz CT molecular complexity index is 1060. The molecule has 148 valence electrons. The highest BCUT2D eigenvalue weighted by molar-refractivity contribution is 7.88. The predicted octanol–water partition coefficient (Wildman–Crippen LogP) is 4.79. The van der Waals surface area contributed by atoms with E-state index in [0.29, 0.717) is 27.4 Å². The van der Waals surface area contributed by atoms with Crippen molar-refractivity contribution in [1.82, 2.24) is 14.9 Å². The molecule has 0 atom stereocenters. The molecule has 0 saturated carbocycles. The first-order valence-corrected chi connectivity index (χ1v) is 11.0. The number of benzene rings is 2. The number of hydrogen-bond donors (Lipinski definition) is 1. The number of rotatable bonds is 7. The Balaban J connectivity index is 1.63. The number of nitrogens with one attached hydrogen (secondary N) is 1. The number of nitrogens with zero attached hydrogens (tertiary/aromatic N) is 2. The molecule has 0 aliphatic rings. The lowest BCUT2D eigenvalue weighted by atomic mass is 10.0. The van der Waals surface area contributed by atoms with Gasteiger partial charge >= 0.3 is 0 Å². The van der Waals surface area contributed by atoms with Gasteiger partial charge in [0.1, 0.15) is 0 Å². The van der Waals surface area contributed by atoms with Crippen molar-refractivity contribution in [2.75, 3.05) is 0 Å². The third-order valence-corrected chi connectivity index (χ3v) is 6.12. The molecule has 0 radical (unpaired) electrons. The van der Waals surface area contributed by atoms with Crippen molar-refractivity contribution >= 4 is 33.2 Å². The quantitative estimate of drug-likeness (QED) is 0.571. The fraction of sp³-hybridized carbons (Fsp3) is 0.263. The van der Waals surface area contributed by atoms with E-state index in [0.717, 1.165) is 5.56 Å². The summed E-state index contributed by atoms with van der Waals surface area (Å²) in [5.41, 5.74) is 2.54.